The predicted molar refractivity (Wildman–Crippen MR) is 145 cm³/mol. The van der Waals surface area contributed by atoms with Crippen LogP contribution in [-0.2, 0) is 9.53 Å². The van der Waals surface area contributed by atoms with E-state index in [0.29, 0.717) is 27.6 Å². The van der Waals surface area contributed by atoms with E-state index in [1.807, 2.05) is 0 Å². The molecular weight excluding hydrogens is 428 g/mol. The highest BCUT2D eigenvalue weighted by Gasteiger charge is 2.81. The largest absolute Gasteiger partial charge is 0.462 e. The van der Waals surface area contributed by atoms with Crippen molar-refractivity contribution in [2.45, 2.75) is 139 Å². The van der Waals surface area contributed by atoms with Crippen LogP contribution in [0.5, 0.6) is 0 Å². The minimum atomic E-state index is -0.0808. The van der Waals surface area contributed by atoms with Gasteiger partial charge in [0, 0.05) is 6.92 Å². The second-order valence-electron chi connectivity index (χ2n) is 15.2. The van der Waals surface area contributed by atoms with Gasteiger partial charge >= 0.3 is 5.97 Å². The van der Waals surface area contributed by atoms with Crippen molar-refractivity contribution in [3.05, 3.63) is 0 Å². The van der Waals surface area contributed by atoms with Gasteiger partial charge in [0.05, 0.1) is 0 Å². The van der Waals surface area contributed by atoms with E-state index in [1.165, 1.54) is 70.6 Å². The second kappa shape index (κ2) is 8.76. The van der Waals surface area contributed by atoms with Crippen LogP contribution in [0.1, 0.15) is 132 Å². The molecule has 0 unspecified atom stereocenters. The van der Waals surface area contributed by atoms with Crippen molar-refractivity contribution in [2.24, 2.45) is 63.1 Å². The van der Waals surface area contributed by atoms with E-state index in [9.17, 15) is 4.79 Å². The van der Waals surface area contributed by atoms with Gasteiger partial charge in [-0.3, -0.25) is 4.79 Å². The summed E-state index contributed by atoms with van der Waals surface area (Å²) in [6.45, 7) is 19.4. The Hall–Kier alpha value is -0.530. The molecule has 0 bridgehead atoms. The lowest BCUT2D eigenvalue weighted by atomic mass is 9.43. The zero-order valence-corrected chi connectivity index (χ0v) is 24.4. The van der Waals surface area contributed by atoms with Crippen LogP contribution >= 0.6 is 0 Å². The van der Waals surface area contributed by atoms with Crippen LogP contribution in [0.2, 0.25) is 0 Å². The molecule has 0 aliphatic heterocycles. The number of hydrogen-bond acceptors (Lipinski definition) is 2. The monoisotopic (exact) mass is 484 g/mol. The summed E-state index contributed by atoms with van der Waals surface area (Å²) >= 11 is 0. The lowest BCUT2D eigenvalue weighted by molar-refractivity contribution is -0.165. The molecule has 0 aromatic heterocycles. The third kappa shape index (κ3) is 3.56. The Morgan fingerprint density at radius 2 is 1.66 bits per heavy atom. The molecule has 5 aliphatic carbocycles. The van der Waals surface area contributed by atoms with Crippen molar-refractivity contribution in [1.82, 2.24) is 0 Å². The number of rotatable bonds is 7. The molecule has 2 spiro atoms. The van der Waals surface area contributed by atoms with Crippen LogP contribution in [0.4, 0.5) is 0 Å². The van der Waals surface area contributed by atoms with E-state index >= 15 is 0 Å². The zero-order valence-electron chi connectivity index (χ0n) is 24.4. The lowest BCUT2D eigenvalue weighted by Gasteiger charge is -2.62. The molecule has 2 heteroatoms. The summed E-state index contributed by atoms with van der Waals surface area (Å²) in [5.74, 6) is 5.68. The SMILES string of the molecule is CC[C@H](CC[C@@H](C)[C@H]1CC[C@@]2(C)[C@H]3CC[C@@H]4[C@H](C)[C@@H](OC(C)=O)CC[C@@]45C[C@]35CC[C@]12C)C(C)C. The first kappa shape index (κ1) is 26.1. The van der Waals surface area contributed by atoms with Crippen LogP contribution in [-0.4, -0.2) is 12.1 Å². The van der Waals surface area contributed by atoms with Gasteiger partial charge in [-0.05, 0) is 127 Å². The summed E-state index contributed by atoms with van der Waals surface area (Å²) in [7, 11) is 0. The van der Waals surface area contributed by atoms with Crippen molar-refractivity contribution in [3.63, 3.8) is 0 Å². The zero-order chi connectivity index (χ0) is 25.4. The Labute approximate surface area is 217 Å². The first-order valence-corrected chi connectivity index (χ1v) is 15.6. The van der Waals surface area contributed by atoms with Gasteiger partial charge in [0.25, 0.3) is 0 Å². The van der Waals surface area contributed by atoms with Crippen LogP contribution < -0.4 is 0 Å². The molecular formula is C33H56O2. The maximum Gasteiger partial charge on any atom is 0.302 e. The number of esters is 1. The third-order valence-electron chi connectivity index (χ3n) is 14.2. The van der Waals surface area contributed by atoms with Crippen molar-refractivity contribution in [2.75, 3.05) is 0 Å². The van der Waals surface area contributed by atoms with Gasteiger partial charge in [-0.15, -0.1) is 0 Å². The van der Waals surface area contributed by atoms with Crippen LogP contribution in [0.25, 0.3) is 0 Å². The van der Waals surface area contributed by atoms with Crippen molar-refractivity contribution >= 4 is 5.97 Å². The Kier molecular flexibility index (Phi) is 6.53. The molecule has 5 rings (SSSR count). The number of ether oxygens (including phenoxy) is 1. The van der Waals surface area contributed by atoms with Crippen LogP contribution in [0, 0.1) is 63.1 Å². The van der Waals surface area contributed by atoms with Crippen molar-refractivity contribution < 1.29 is 9.53 Å². The topological polar surface area (TPSA) is 26.3 Å². The Bertz CT molecular complexity index is 818. The van der Waals surface area contributed by atoms with Gasteiger partial charge in [-0.25, -0.2) is 0 Å². The Morgan fingerprint density at radius 3 is 2.31 bits per heavy atom. The number of carbonyl (C=O) groups excluding carboxylic acids is 1. The maximum atomic E-state index is 11.7. The van der Waals surface area contributed by atoms with E-state index in [2.05, 4.69) is 48.5 Å². The first-order valence-electron chi connectivity index (χ1n) is 15.6. The summed E-state index contributed by atoms with van der Waals surface area (Å²) in [5, 5.41) is 0. The van der Waals surface area contributed by atoms with Gasteiger partial charge in [-0.1, -0.05) is 61.3 Å². The van der Waals surface area contributed by atoms with E-state index in [0.717, 1.165) is 41.9 Å². The number of hydrogen-bond donors (Lipinski definition) is 0. The van der Waals surface area contributed by atoms with E-state index in [1.54, 1.807) is 6.92 Å². The fourth-order valence-corrected chi connectivity index (χ4v) is 12.0. The standard InChI is InChI=1S/C33H56O2/c1-9-25(21(2)3)11-10-22(4)26-14-16-31(8)29-13-12-27-23(5)28(35-24(6)34)15-17-32(27)20-33(29,32)19-18-30(26,31)7/h21-23,25-29H,9-20H2,1-8H3/t22-,23+,25-,26-,27-,28+,29-,30-,31+,32-,33-/m1/s1. The molecule has 0 amide bonds. The average Bonchev–Trinajstić information content (AvgIpc) is 3.38. The van der Waals surface area contributed by atoms with Gasteiger partial charge in [0.2, 0.25) is 0 Å². The van der Waals surface area contributed by atoms with E-state index in [4.69, 9.17) is 4.74 Å². The highest BCUT2D eigenvalue weighted by Crippen LogP contribution is 2.88. The molecule has 0 aromatic rings. The second-order valence-corrected chi connectivity index (χ2v) is 15.2. The molecule has 0 radical (unpaired) electrons. The summed E-state index contributed by atoms with van der Waals surface area (Å²) in [6.07, 6.45) is 17.0. The lowest BCUT2D eigenvalue weighted by Crippen LogP contribution is -2.56. The Balaban J connectivity index is 1.33. The average molecular weight is 485 g/mol. The molecule has 200 valence electrons. The smallest absolute Gasteiger partial charge is 0.302 e. The number of fused-ring (bicyclic) bond motifs is 2. The summed E-state index contributed by atoms with van der Waals surface area (Å²) in [4.78, 5) is 11.7. The molecule has 5 saturated carbocycles. The van der Waals surface area contributed by atoms with E-state index in [-0.39, 0.29) is 12.1 Å². The normalized spacial score (nSPS) is 49.9. The quantitative estimate of drug-likeness (QED) is 0.337. The molecule has 35 heavy (non-hydrogen) atoms. The van der Waals surface area contributed by atoms with E-state index < -0.39 is 0 Å². The number of carbonyl (C=O) groups is 1. The molecule has 0 saturated heterocycles. The Morgan fingerprint density at radius 1 is 0.914 bits per heavy atom. The molecule has 5 aliphatic rings. The fraction of sp³-hybridized carbons (Fsp3) is 0.970. The molecule has 5 fully saturated rings. The maximum absolute atomic E-state index is 11.7. The highest BCUT2D eigenvalue weighted by atomic mass is 16.5. The van der Waals surface area contributed by atoms with Crippen LogP contribution in [0.15, 0.2) is 0 Å². The van der Waals surface area contributed by atoms with Gasteiger partial charge in [-0.2, -0.15) is 0 Å². The van der Waals surface area contributed by atoms with Gasteiger partial charge < -0.3 is 4.74 Å². The summed E-state index contributed by atoms with van der Waals surface area (Å²) < 4.78 is 5.82. The molecule has 0 N–H and O–H groups in total. The molecule has 0 heterocycles. The molecule has 0 aromatic carbocycles. The third-order valence-corrected chi connectivity index (χ3v) is 14.2. The van der Waals surface area contributed by atoms with Crippen LogP contribution in [0.3, 0.4) is 0 Å². The van der Waals surface area contributed by atoms with Crippen molar-refractivity contribution in [3.8, 4) is 0 Å². The minimum Gasteiger partial charge on any atom is -0.462 e. The fourth-order valence-electron chi connectivity index (χ4n) is 12.0. The highest BCUT2D eigenvalue weighted by molar-refractivity contribution is 5.66. The predicted octanol–water partition coefficient (Wildman–Crippen LogP) is 9.07. The van der Waals surface area contributed by atoms with Crippen molar-refractivity contribution in [1.29, 1.82) is 0 Å². The first-order chi connectivity index (χ1) is 16.5. The molecule has 11 atom stereocenters. The summed E-state index contributed by atoms with van der Waals surface area (Å²) in [6, 6.07) is 0. The van der Waals surface area contributed by atoms with Gasteiger partial charge in [0.1, 0.15) is 6.10 Å². The summed E-state index contributed by atoms with van der Waals surface area (Å²) in [5.41, 5.74) is 2.24. The minimum absolute atomic E-state index is 0.0808. The van der Waals surface area contributed by atoms with Gasteiger partial charge in [0.15, 0.2) is 0 Å². The molecule has 2 nitrogen and oxygen atoms in total.